The number of rotatable bonds is 2. The lowest BCUT2D eigenvalue weighted by Crippen LogP contribution is -2.28. The van der Waals surface area contributed by atoms with E-state index in [1.165, 1.54) is 6.07 Å². The van der Waals surface area contributed by atoms with Gasteiger partial charge in [0, 0.05) is 17.7 Å². The van der Waals surface area contributed by atoms with E-state index in [-0.39, 0.29) is 12.2 Å². The van der Waals surface area contributed by atoms with E-state index in [9.17, 15) is 4.79 Å². The average Bonchev–Trinajstić information content (AvgIpc) is 3.13. The zero-order valence-corrected chi connectivity index (χ0v) is 15.7. The van der Waals surface area contributed by atoms with Crippen LogP contribution in [0.2, 0.25) is 0 Å². The zero-order valence-electron chi connectivity index (χ0n) is 15.7. The third kappa shape index (κ3) is 2.52. The second-order valence-corrected chi connectivity index (χ2v) is 7.28. The van der Waals surface area contributed by atoms with Gasteiger partial charge in [-0.1, -0.05) is 0 Å². The minimum Gasteiger partial charge on any atom is -0.496 e. The van der Waals surface area contributed by atoms with Crippen molar-refractivity contribution >= 4 is 17.0 Å². The molecular weight excluding hydrogens is 360 g/mol. The molecule has 0 radical (unpaired) electrons. The van der Waals surface area contributed by atoms with Crippen molar-refractivity contribution in [1.82, 2.24) is 0 Å². The maximum atomic E-state index is 13.0. The Balaban J connectivity index is 1.74. The van der Waals surface area contributed by atoms with E-state index in [4.69, 9.17) is 23.4 Å². The minimum atomic E-state index is -0.533. The van der Waals surface area contributed by atoms with Crippen molar-refractivity contribution < 1.29 is 23.4 Å². The molecule has 2 aromatic carbocycles. The first-order chi connectivity index (χ1) is 13.4. The standard InChI is InChI=1S/C22H18O6/c1-22(2)7-6-13-17(24-3)10-19-20(21(13)28-22)14(23)9-16(27-19)12-4-5-15-18(8-12)26-11-25-15/h4-10H,11H2,1-3H3. The summed E-state index contributed by atoms with van der Waals surface area (Å²) in [6.45, 7) is 4.05. The van der Waals surface area contributed by atoms with E-state index in [1.807, 2.05) is 32.1 Å². The fourth-order valence-corrected chi connectivity index (χ4v) is 3.49. The highest BCUT2D eigenvalue weighted by molar-refractivity contribution is 5.92. The minimum absolute atomic E-state index is 0.182. The summed E-state index contributed by atoms with van der Waals surface area (Å²) in [5.74, 6) is 2.79. The zero-order chi connectivity index (χ0) is 19.5. The molecule has 142 valence electrons. The van der Waals surface area contributed by atoms with Crippen molar-refractivity contribution in [2.24, 2.45) is 0 Å². The van der Waals surface area contributed by atoms with Crippen LogP contribution in [0.25, 0.3) is 28.4 Å². The molecule has 2 aliphatic heterocycles. The molecule has 0 bridgehead atoms. The summed E-state index contributed by atoms with van der Waals surface area (Å²) in [6.07, 6.45) is 3.86. The highest BCUT2D eigenvalue weighted by atomic mass is 16.7. The van der Waals surface area contributed by atoms with Gasteiger partial charge in [-0.15, -0.1) is 0 Å². The summed E-state index contributed by atoms with van der Waals surface area (Å²) >= 11 is 0. The Morgan fingerprint density at radius 1 is 1.07 bits per heavy atom. The van der Waals surface area contributed by atoms with Gasteiger partial charge >= 0.3 is 0 Å². The molecule has 3 aromatic rings. The molecule has 28 heavy (non-hydrogen) atoms. The quantitative estimate of drug-likeness (QED) is 0.659. The number of ether oxygens (including phenoxy) is 4. The van der Waals surface area contributed by atoms with Gasteiger partial charge in [0.1, 0.15) is 33.8 Å². The van der Waals surface area contributed by atoms with Gasteiger partial charge in [-0.05, 0) is 44.2 Å². The molecule has 0 spiro atoms. The third-order valence-corrected chi connectivity index (χ3v) is 4.87. The monoisotopic (exact) mass is 378 g/mol. The fraction of sp³-hybridized carbons (Fsp3) is 0.227. The molecule has 0 saturated heterocycles. The number of hydrogen-bond donors (Lipinski definition) is 0. The number of fused-ring (bicyclic) bond motifs is 4. The number of benzene rings is 2. The van der Waals surface area contributed by atoms with Gasteiger partial charge in [0.25, 0.3) is 0 Å². The van der Waals surface area contributed by atoms with Crippen LogP contribution in [0.1, 0.15) is 19.4 Å². The highest BCUT2D eigenvalue weighted by Crippen LogP contribution is 2.43. The summed E-state index contributed by atoms with van der Waals surface area (Å²) < 4.78 is 28.5. The van der Waals surface area contributed by atoms with E-state index in [0.29, 0.717) is 39.7 Å². The van der Waals surface area contributed by atoms with E-state index in [2.05, 4.69) is 0 Å². The van der Waals surface area contributed by atoms with Gasteiger partial charge in [0.05, 0.1) is 12.7 Å². The lowest BCUT2D eigenvalue weighted by Gasteiger charge is -2.29. The van der Waals surface area contributed by atoms with Gasteiger partial charge in [-0.2, -0.15) is 0 Å². The van der Waals surface area contributed by atoms with E-state index in [1.54, 1.807) is 25.3 Å². The molecular formula is C22H18O6. The normalized spacial score (nSPS) is 16.0. The molecule has 0 fully saturated rings. The maximum absolute atomic E-state index is 13.0. The molecule has 0 unspecified atom stereocenters. The van der Waals surface area contributed by atoms with Crippen LogP contribution in [-0.4, -0.2) is 19.5 Å². The Morgan fingerprint density at radius 3 is 2.71 bits per heavy atom. The predicted molar refractivity (Wildman–Crippen MR) is 104 cm³/mol. The van der Waals surface area contributed by atoms with Crippen LogP contribution in [0.3, 0.4) is 0 Å². The van der Waals surface area contributed by atoms with Crippen molar-refractivity contribution in [2.45, 2.75) is 19.4 Å². The first-order valence-electron chi connectivity index (χ1n) is 8.92. The third-order valence-electron chi connectivity index (χ3n) is 4.87. The molecule has 0 atom stereocenters. The topological polar surface area (TPSA) is 67.1 Å². The van der Waals surface area contributed by atoms with Crippen LogP contribution in [0.5, 0.6) is 23.0 Å². The molecule has 5 rings (SSSR count). The first kappa shape index (κ1) is 16.7. The van der Waals surface area contributed by atoms with Gasteiger partial charge in [0.15, 0.2) is 16.9 Å². The molecule has 3 heterocycles. The predicted octanol–water partition coefficient (Wildman–Crippen LogP) is 4.38. The molecule has 1 aromatic heterocycles. The summed E-state index contributed by atoms with van der Waals surface area (Å²) in [6, 6.07) is 8.62. The lowest BCUT2D eigenvalue weighted by molar-refractivity contribution is 0.160. The van der Waals surface area contributed by atoms with E-state index >= 15 is 0 Å². The average molecular weight is 378 g/mol. The van der Waals surface area contributed by atoms with Crippen LogP contribution >= 0.6 is 0 Å². The summed E-state index contributed by atoms with van der Waals surface area (Å²) in [4.78, 5) is 13.0. The number of methoxy groups -OCH3 is 1. The van der Waals surface area contributed by atoms with Crippen LogP contribution in [0, 0.1) is 0 Å². The smallest absolute Gasteiger partial charge is 0.231 e. The molecule has 2 aliphatic rings. The van der Waals surface area contributed by atoms with Crippen molar-refractivity contribution in [3.05, 3.63) is 52.2 Å². The summed E-state index contributed by atoms with van der Waals surface area (Å²) in [7, 11) is 1.58. The largest absolute Gasteiger partial charge is 0.496 e. The van der Waals surface area contributed by atoms with Crippen molar-refractivity contribution in [1.29, 1.82) is 0 Å². The van der Waals surface area contributed by atoms with Gasteiger partial charge in [-0.3, -0.25) is 4.79 Å². The van der Waals surface area contributed by atoms with Crippen LogP contribution in [0.4, 0.5) is 0 Å². The Morgan fingerprint density at radius 2 is 1.89 bits per heavy atom. The van der Waals surface area contributed by atoms with Gasteiger partial charge in [-0.25, -0.2) is 0 Å². The molecule has 6 heteroatoms. The first-order valence-corrected chi connectivity index (χ1v) is 8.92. The van der Waals surface area contributed by atoms with Crippen molar-refractivity contribution in [2.75, 3.05) is 13.9 Å². The summed E-state index contributed by atoms with van der Waals surface area (Å²) in [5.41, 5.74) is 1.15. The number of hydrogen-bond acceptors (Lipinski definition) is 6. The molecule has 0 amide bonds. The Kier molecular flexibility index (Phi) is 3.46. The van der Waals surface area contributed by atoms with Crippen molar-refractivity contribution in [3.8, 4) is 34.3 Å². The van der Waals surface area contributed by atoms with Crippen molar-refractivity contribution in [3.63, 3.8) is 0 Å². The van der Waals surface area contributed by atoms with Crippen LogP contribution in [-0.2, 0) is 0 Å². The van der Waals surface area contributed by atoms with Gasteiger partial charge in [0.2, 0.25) is 6.79 Å². The Hall–Kier alpha value is -3.41. The molecule has 0 aliphatic carbocycles. The maximum Gasteiger partial charge on any atom is 0.231 e. The SMILES string of the molecule is COc1cc2oc(-c3ccc4c(c3)OCO4)cc(=O)c2c2c1C=CC(C)(C)O2. The Bertz CT molecular complexity index is 1200. The van der Waals surface area contributed by atoms with Crippen LogP contribution in [0.15, 0.2) is 45.6 Å². The Labute approximate surface area is 160 Å². The fourth-order valence-electron chi connectivity index (χ4n) is 3.49. The molecule has 0 saturated carbocycles. The highest BCUT2D eigenvalue weighted by Gasteiger charge is 2.28. The van der Waals surface area contributed by atoms with Crippen LogP contribution < -0.4 is 24.4 Å². The summed E-state index contributed by atoms with van der Waals surface area (Å²) in [5, 5.41) is 0.401. The lowest BCUT2D eigenvalue weighted by atomic mass is 9.99. The molecule has 6 nitrogen and oxygen atoms in total. The second-order valence-electron chi connectivity index (χ2n) is 7.28. The second kappa shape index (κ2) is 5.79. The van der Waals surface area contributed by atoms with E-state index < -0.39 is 5.60 Å². The van der Waals surface area contributed by atoms with E-state index in [0.717, 1.165) is 11.1 Å². The molecule has 0 N–H and O–H groups in total. The van der Waals surface area contributed by atoms with Gasteiger partial charge < -0.3 is 23.4 Å².